The number of nitrogens with zero attached hydrogens (tertiary/aromatic N) is 1. The van der Waals surface area contributed by atoms with Crippen molar-refractivity contribution < 1.29 is 0 Å². The van der Waals surface area contributed by atoms with Crippen molar-refractivity contribution in [3.8, 4) is 0 Å². The van der Waals surface area contributed by atoms with Crippen molar-refractivity contribution in [3.05, 3.63) is 48.2 Å². The third kappa shape index (κ3) is 2.95. The molecule has 78 valence electrons. The van der Waals surface area contributed by atoms with E-state index in [2.05, 4.69) is 17.1 Å². The van der Waals surface area contributed by atoms with Gasteiger partial charge in [-0.15, -0.1) is 24.0 Å². The van der Waals surface area contributed by atoms with Crippen LogP contribution in [0, 0.1) is 0 Å². The second-order valence-electron chi connectivity index (χ2n) is 2.99. The summed E-state index contributed by atoms with van der Waals surface area (Å²) in [6.07, 6.45) is 3.82. The fourth-order valence-corrected chi connectivity index (χ4v) is 1.43. The molecular formula is C12H11Cl2N. The number of aromatic nitrogens is 1. The minimum absolute atomic E-state index is 0. The van der Waals surface area contributed by atoms with Gasteiger partial charge in [-0.05, 0) is 18.2 Å². The van der Waals surface area contributed by atoms with Crippen molar-refractivity contribution in [2.75, 3.05) is 5.88 Å². The number of hydrogen-bond acceptors (Lipinski definition) is 1. The summed E-state index contributed by atoms with van der Waals surface area (Å²) in [6.45, 7) is 0. The molecule has 0 saturated heterocycles. The summed E-state index contributed by atoms with van der Waals surface area (Å²) in [5.74, 6) is 0.522. The third-order valence-electron chi connectivity index (χ3n) is 2.00. The second-order valence-corrected chi connectivity index (χ2v) is 3.29. The Labute approximate surface area is 100 Å². The molecule has 15 heavy (non-hydrogen) atoms. The number of fused-ring (bicyclic) bond motifs is 1. The minimum Gasteiger partial charge on any atom is -0.248 e. The molecule has 0 N–H and O–H groups in total. The predicted octanol–water partition coefficient (Wildman–Crippen LogP) is 3.91. The molecule has 0 aliphatic heterocycles. The maximum atomic E-state index is 5.56. The van der Waals surface area contributed by atoms with E-state index in [1.54, 1.807) is 0 Å². The molecule has 1 nitrogen and oxygen atoms in total. The normalized spacial score (nSPS) is 10.5. The smallest absolute Gasteiger partial charge is 0.0709 e. The van der Waals surface area contributed by atoms with Crippen LogP contribution in [0.25, 0.3) is 17.0 Å². The molecule has 0 bridgehead atoms. The molecule has 0 fully saturated rings. The van der Waals surface area contributed by atoms with Gasteiger partial charge in [0.2, 0.25) is 0 Å². The molecule has 3 heteroatoms. The highest BCUT2D eigenvalue weighted by molar-refractivity contribution is 6.19. The molecule has 0 aliphatic carbocycles. The average Bonchev–Trinajstić information content (AvgIpc) is 2.26. The lowest BCUT2D eigenvalue weighted by Gasteiger charge is -1.97. The van der Waals surface area contributed by atoms with Gasteiger partial charge >= 0.3 is 0 Å². The number of rotatable bonds is 2. The molecule has 2 aromatic rings. The van der Waals surface area contributed by atoms with E-state index in [-0.39, 0.29) is 12.4 Å². The maximum Gasteiger partial charge on any atom is 0.0709 e. The van der Waals surface area contributed by atoms with Gasteiger partial charge in [-0.25, -0.2) is 4.98 Å². The van der Waals surface area contributed by atoms with E-state index in [4.69, 9.17) is 11.6 Å². The molecule has 0 spiro atoms. The van der Waals surface area contributed by atoms with Crippen LogP contribution in [0.1, 0.15) is 5.69 Å². The monoisotopic (exact) mass is 239 g/mol. The topological polar surface area (TPSA) is 12.9 Å². The fourth-order valence-electron chi connectivity index (χ4n) is 1.34. The third-order valence-corrected chi connectivity index (χ3v) is 2.18. The second kappa shape index (κ2) is 5.74. The zero-order valence-corrected chi connectivity index (χ0v) is 9.63. The SMILES string of the molecule is Cl.ClCC=Cc1ccc2ccccc2n1. The van der Waals surface area contributed by atoms with Crippen molar-refractivity contribution in [1.82, 2.24) is 4.98 Å². The van der Waals surface area contributed by atoms with Gasteiger partial charge in [0.25, 0.3) is 0 Å². The number of benzene rings is 1. The molecule has 0 atom stereocenters. The first-order chi connectivity index (χ1) is 6.90. The molecule has 0 saturated carbocycles. The van der Waals surface area contributed by atoms with Crippen LogP contribution in [0.5, 0.6) is 0 Å². The van der Waals surface area contributed by atoms with Crippen LogP contribution in [-0.2, 0) is 0 Å². The van der Waals surface area contributed by atoms with E-state index in [0.29, 0.717) is 5.88 Å². The van der Waals surface area contributed by atoms with Crippen molar-refractivity contribution in [3.63, 3.8) is 0 Å². The molecule has 0 unspecified atom stereocenters. The van der Waals surface area contributed by atoms with E-state index in [1.807, 2.05) is 36.4 Å². The van der Waals surface area contributed by atoms with Crippen molar-refractivity contribution in [1.29, 1.82) is 0 Å². The Balaban J connectivity index is 0.00000112. The van der Waals surface area contributed by atoms with Crippen molar-refractivity contribution in [2.45, 2.75) is 0 Å². The number of allylic oxidation sites excluding steroid dienone is 1. The number of halogens is 2. The van der Waals surface area contributed by atoms with E-state index in [0.717, 1.165) is 16.6 Å². The number of alkyl halides is 1. The summed E-state index contributed by atoms with van der Waals surface area (Å²) in [4.78, 5) is 4.47. The zero-order chi connectivity index (χ0) is 9.80. The Morgan fingerprint density at radius 2 is 1.93 bits per heavy atom. The summed E-state index contributed by atoms with van der Waals surface area (Å²) < 4.78 is 0. The van der Waals surface area contributed by atoms with Crippen LogP contribution < -0.4 is 0 Å². The summed E-state index contributed by atoms with van der Waals surface area (Å²) in [5.41, 5.74) is 1.97. The number of pyridine rings is 1. The zero-order valence-electron chi connectivity index (χ0n) is 8.06. The van der Waals surface area contributed by atoms with E-state index >= 15 is 0 Å². The van der Waals surface area contributed by atoms with E-state index in [9.17, 15) is 0 Å². The average molecular weight is 240 g/mol. The Bertz CT molecular complexity index is 466. The van der Waals surface area contributed by atoms with Gasteiger partial charge in [0, 0.05) is 11.3 Å². The Kier molecular flexibility index (Phi) is 4.60. The first-order valence-corrected chi connectivity index (χ1v) is 5.02. The first kappa shape index (κ1) is 12.0. The Morgan fingerprint density at radius 3 is 2.73 bits per heavy atom. The van der Waals surface area contributed by atoms with Gasteiger partial charge in [0.15, 0.2) is 0 Å². The summed E-state index contributed by atoms with van der Waals surface area (Å²) >= 11 is 5.56. The molecular weight excluding hydrogens is 229 g/mol. The molecule has 1 heterocycles. The van der Waals surface area contributed by atoms with Crippen LogP contribution >= 0.6 is 24.0 Å². The predicted molar refractivity (Wildman–Crippen MR) is 68.7 cm³/mol. The molecule has 1 aromatic carbocycles. The van der Waals surface area contributed by atoms with Crippen LogP contribution in [0.3, 0.4) is 0 Å². The van der Waals surface area contributed by atoms with Crippen LogP contribution in [-0.4, -0.2) is 10.9 Å². The number of para-hydroxylation sites is 1. The molecule has 0 aliphatic rings. The van der Waals surface area contributed by atoms with Crippen LogP contribution in [0.4, 0.5) is 0 Å². The molecule has 1 aromatic heterocycles. The molecule has 2 rings (SSSR count). The lowest BCUT2D eigenvalue weighted by atomic mass is 10.2. The highest BCUT2D eigenvalue weighted by Gasteiger charge is 1.93. The molecule has 0 amide bonds. The van der Waals surface area contributed by atoms with Crippen LogP contribution in [0.15, 0.2) is 42.5 Å². The van der Waals surface area contributed by atoms with Gasteiger partial charge < -0.3 is 0 Å². The van der Waals surface area contributed by atoms with Gasteiger partial charge in [-0.3, -0.25) is 0 Å². The van der Waals surface area contributed by atoms with Gasteiger partial charge in [-0.2, -0.15) is 0 Å². The van der Waals surface area contributed by atoms with Gasteiger partial charge in [0.1, 0.15) is 0 Å². The fraction of sp³-hybridized carbons (Fsp3) is 0.0833. The first-order valence-electron chi connectivity index (χ1n) is 4.48. The van der Waals surface area contributed by atoms with Gasteiger partial charge in [-0.1, -0.05) is 30.3 Å². The minimum atomic E-state index is 0. The summed E-state index contributed by atoms with van der Waals surface area (Å²) in [7, 11) is 0. The van der Waals surface area contributed by atoms with E-state index in [1.165, 1.54) is 0 Å². The standard InChI is InChI=1S/C12H10ClN.ClH/c13-9-3-5-11-8-7-10-4-1-2-6-12(10)14-11;/h1-8H,9H2;1H. The lowest BCUT2D eigenvalue weighted by Crippen LogP contribution is -1.82. The van der Waals surface area contributed by atoms with Crippen molar-refractivity contribution >= 4 is 41.0 Å². The van der Waals surface area contributed by atoms with Crippen LogP contribution in [0.2, 0.25) is 0 Å². The Morgan fingerprint density at radius 1 is 1.13 bits per heavy atom. The highest BCUT2D eigenvalue weighted by Crippen LogP contribution is 2.12. The summed E-state index contributed by atoms with van der Waals surface area (Å²) in [6, 6.07) is 12.1. The van der Waals surface area contributed by atoms with E-state index < -0.39 is 0 Å². The quantitative estimate of drug-likeness (QED) is 0.725. The Hall–Kier alpha value is -1.05. The largest absolute Gasteiger partial charge is 0.248 e. The summed E-state index contributed by atoms with van der Waals surface area (Å²) in [5, 5.41) is 1.16. The maximum absolute atomic E-state index is 5.56. The lowest BCUT2D eigenvalue weighted by molar-refractivity contribution is 1.37. The van der Waals surface area contributed by atoms with Gasteiger partial charge in [0.05, 0.1) is 11.2 Å². The highest BCUT2D eigenvalue weighted by atomic mass is 35.5. The number of hydrogen-bond donors (Lipinski definition) is 0. The van der Waals surface area contributed by atoms with Crippen molar-refractivity contribution in [2.24, 2.45) is 0 Å². The molecule has 0 radical (unpaired) electrons.